The summed E-state index contributed by atoms with van der Waals surface area (Å²) in [4.78, 5) is 14.1. The van der Waals surface area contributed by atoms with E-state index in [2.05, 4.69) is 18.4 Å². The number of carboxylic acids is 1. The number of aliphatic carboxylic acids is 1. The monoisotopic (exact) mass is 273 g/mol. The van der Waals surface area contributed by atoms with Gasteiger partial charge in [-0.25, -0.2) is 0 Å². The molecule has 3 nitrogen and oxygen atoms in total. The number of carboxylic acid groups (broad SMARTS) is 1. The van der Waals surface area contributed by atoms with Gasteiger partial charge in [0.1, 0.15) is 0 Å². The van der Waals surface area contributed by atoms with Crippen molar-refractivity contribution in [3.8, 4) is 0 Å². The largest absolute Gasteiger partial charge is 0.481 e. The van der Waals surface area contributed by atoms with Gasteiger partial charge in [0.05, 0.1) is 5.41 Å². The number of benzene rings is 1. The third kappa shape index (κ3) is 2.93. The van der Waals surface area contributed by atoms with Crippen LogP contribution in [-0.4, -0.2) is 35.6 Å². The van der Waals surface area contributed by atoms with Crippen molar-refractivity contribution in [2.24, 2.45) is 0 Å². The lowest BCUT2D eigenvalue weighted by molar-refractivity contribution is -0.145. The molecule has 20 heavy (non-hydrogen) atoms. The summed E-state index contributed by atoms with van der Waals surface area (Å²) in [6, 6.07) is 9.65. The standard InChI is InChI=1S/C17H23NO2/c1-3-14(2)13-18-11-9-17(10-12-18,16(19)20)15-7-5-4-6-8-15/h4-8H,2-3,9-13H2,1H3,(H,19,20). The number of rotatable bonds is 5. The molecule has 1 N–H and O–H groups in total. The quantitative estimate of drug-likeness (QED) is 0.838. The van der Waals surface area contributed by atoms with E-state index in [4.69, 9.17) is 0 Å². The van der Waals surface area contributed by atoms with Crippen molar-refractivity contribution in [1.29, 1.82) is 0 Å². The van der Waals surface area contributed by atoms with Crippen molar-refractivity contribution in [2.75, 3.05) is 19.6 Å². The van der Waals surface area contributed by atoms with E-state index < -0.39 is 11.4 Å². The van der Waals surface area contributed by atoms with Crippen molar-refractivity contribution in [1.82, 2.24) is 4.90 Å². The number of carbonyl (C=O) groups is 1. The maximum absolute atomic E-state index is 11.8. The Balaban J connectivity index is 2.11. The molecule has 0 saturated carbocycles. The smallest absolute Gasteiger partial charge is 0.314 e. The summed E-state index contributed by atoms with van der Waals surface area (Å²) >= 11 is 0. The Kier molecular flexibility index (Phi) is 4.61. The maximum atomic E-state index is 11.8. The van der Waals surface area contributed by atoms with Crippen molar-refractivity contribution in [3.05, 3.63) is 48.0 Å². The molecular weight excluding hydrogens is 250 g/mol. The minimum atomic E-state index is -0.717. The highest BCUT2D eigenvalue weighted by molar-refractivity contribution is 5.81. The van der Waals surface area contributed by atoms with E-state index in [1.165, 1.54) is 5.57 Å². The molecule has 1 aromatic rings. The van der Waals surface area contributed by atoms with Crippen molar-refractivity contribution in [3.63, 3.8) is 0 Å². The summed E-state index contributed by atoms with van der Waals surface area (Å²) in [5.41, 5.74) is 1.43. The third-order valence-corrected chi connectivity index (χ3v) is 4.39. The van der Waals surface area contributed by atoms with Gasteiger partial charge in [0, 0.05) is 6.54 Å². The molecular formula is C17H23NO2. The first kappa shape index (κ1) is 14.8. The van der Waals surface area contributed by atoms with Crippen LogP contribution >= 0.6 is 0 Å². The van der Waals surface area contributed by atoms with Gasteiger partial charge in [0.25, 0.3) is 0 Å². The summed E-state index contributed by atoms with van der Waals surface area (Å²) in [6.45, 7) is 8.68. The lowest BCUT2D eigenvalue weighted by Crippen LogP contribution is -2.47. The Morgan fingerprint density at radius 1 is 1.30 bits per heavy atom. The van der Waals surface area contributed by atoms with Crippen molar-refractivity contribution < 1.29 is 9.90 Å². The molecule has 0 amide bonds. The van der Waals surface area contributed by atoms with E-state index in [1.807, 2.05) is 30.3 Å². The molecule has 0 bridgehead atoms. The number of piperidine rings is 1. The highest BCUT2D eigenvalue weighted by Gasteiger charge is 2.42. The van der Waals surface area contributed by atoms with E-state index in [1.54, 1.807) is 0 Å². The van der Waals surface area contributed by atoms with Crippen LogP contribution < -0.4 is 0 Å². The van der Waals surface area contributed by atoms with Crippen LogP contribution in [0.2, 0.25) is 0 Å². The highest BCUT2D eigenvalue weighted by Crippen LogP contribution is 2.36. The fraction of sp³-hybridized carbons (Fsp3) is 0.471. The summed E-state index contributed by atoms with van der Waals surface area (Å²) < 4.78 is 0. The maximum Gasteiger partial charge on any atom is 0.314 e. The molecule has 0 aliphatic carbocycles. The van der Waals surface area contributed by atoms with Crippen LogP contribution in [0.25, 0.3) is 0 Å². The predicted molar refractivity (Wildman–Crippen MR) is 80.9 cm³/mol. The van der Waals surface area contributed by atoms with Crippen LogP contribution in [0.5, 0.6) is 0 Å². The van der Waals surface area contributed by atoms with Crippen LogP contribution in [0.3, 0.4) is 0 Å². The van der Waals surface area contributed by atoms with Gasteiger partial charge in [-0.1, -0.05) is 49.4 Å². The number of hydrogen-bond acceptors (Lipinski definition) is 2. The van der Waals surface area contributed by atoms with Crippen LogP contribution in [0.1, 0.15) is 31.7 Å². The van der Waals surface area contributed by atoms with E-state index in [-0.39, 0.29) is 0 Å². The molecule has 1 aliphatic rings. The van der Waals surface area contributed by atoms with Gasteiger partial charge >= 0.3 is 5.97 Å². The number of likely N-dealkylation sites (tertiary alicyclic amines) is 1. The Bertz CT molecular complexity index is 473. The van der Waals surface area contributed by atoms with Gasteiger partial charge in [0.2, 0.25) is 0 Å². The van der Waals surface area contributed by atoms with Gasteiger partial charge in [-0.05, 0) is 37.9 Å². The lowest BCUT2D eigenvalue weighted by atomic mass is 9.73. The molecule has 0 spiro atoms. The van der Waals surface area contributed by atoms with Crippen LogP contribution in [0, 0.1) is 0 Å². The third-order valence-electron chi connectivity index (χ3n) is 4.39. The topological polar surface area (TPSA) is 40.5 Å². The minimum absolute atomic E-state index is 0.670. The first-order chi connectivity index (χ1) is 9.58. The second kappa shape index (κ2) is 6.23. The minimum Gasteiger partial charge on any atom is -0.481 e. The van der Waals surface area contributed by atoms with Gasteiger partial charge in [0.15, 0.2) is 0 Å². The summed E-state index contributed by atoms with van der Waals surface area (Å²) in [5.74, 6) is -0.697. The fourth-order valence-electron chi connectivity index (χ4n) is 2.90. The molecule has 0 aromatic heterocycles. The molecule has 108 valence electrons. The zero-order valence-corrected chi connectivity index (χ0v) is 12.1. The Labute approximate surface area is 120 Å². The van der Waals surface area contributed by atoms with E-state index >= 15 is 0 Å². The average molecular weight is 273 g/mol. The van der Waals surface area contributed by atoms with Crippen LogP contribution in [0.15, 0.2) is 42.5 Å². The van der Waals surface area contributed by atoms with Gasteiger partial charge in [-0.15, -0.1) is 0 Å². The predicted octanol–water partition coefficient (Wildman–Crippen LogP) is 3.07. The zero-order chi connectivity index (χ0) is 14.6. The molecule has 1 fully saturated rings. The van der Waals surface area contributed by atoms with Crippen molar-refractivity contribution in [2.45, 2.75) is 31.6 Å². The molecule has 2 rings (SSSR count). The molecule has 1 saturated heterocycles. The van der Waals surface area contributed by atoms with E-state index in [0.29, 0.717) is 12.8 Å². The van der Waals surface area contributed by atoms with Crippen LogP contribution in [0.4, 0.5) is 0 Å². The summed E-state index contributed by atoms with van der Waals surface area (Å²) in [6.07, 6.45) is 2.33. The van der Waals surface area contributed by atoms with Crippen molar-refractivity contribution >= 4 is 5.97 Å². The fourth-order valence-corrected chi connectivity index (χ4v) is 2.90. The van der Waals surface area contributed by atoms with E-state index in [9.17, 15) is 9.90 Å². The Morgan fingerprint density at radius 3 is 2.40 bits per heavy atom. The molecule has 0 unspecified atom stereocenters. The Hall–Kier alpha value is -1.61. The normalized spacial score (nSPS) is 18.6. The lowest BCUT2D eigenvalue weighted by Gasteiger charge is -2.39. The molecule has 3 heteroatoms. The first-order valence-corrected chi connectivity index (χ1v) is 7.26. The van der Waals surface area contributed by atoms with Gasteiger partial charge in [-0.3, -0.25) is 9.69 Å². The first-order valence-electron chi connectivity index (χ1n) is 7.26. The SMILES string of the molecule is C=C(CC)CN1CCC(C(=O)O)(c2ccccc2)CC1. The molecule has 1 aliphatic heterocycles. The second-order valence-electron chi connectivity index (χ2n) is 5.63. The van der Waals surface area contributed by atoms with Crippen LogP contribution in [-0.2, 0) is 10.2 Å². The molecule has 1 aromatic carbocycles. The number of nitrogens with zero attached hydrogens (tertiary/aromatic N) is 1. The molecule has 0 atom stereocenters. The summed E-state index contributed by atoms with van der Waals surface area (Å²) in [7, 11) is 0. The average Bonchev–Trinajstić information content (AvgIpc) is 2.48. The zero-order valence-electron chi connectivity index (χ0n) is 12.1. The number of hydrogen-bond donors (Lipinski definition) is 1. The second-order valence-corrected chi connectivity index (χ2v) is 5.63. The van der Waals surface area contributed by atoms with E-state index in [0.717, 1.165) is 31.6 Å². The Morgan fingerprint density at radius 2 is 1.90 bits per heavy atom. The molecule has 1 heterocycles. The highest BCUT2D eigenvalue weighted by atomic mass is 16.4. The van der Waals surface area contributed by atoms with Gasteiger partial charge < -0.3 is 5.11 Å². The summed E-state index contributed by atoms with van der Waals surface area (Å²) in [5, 5.41) is 9.72. The molecule has 0 radical (unpaired) electrons. The van der Waals surface area contributed by atoms with Gasteiger partial charge in [-0.2, -0.15) is 0 Å².